The van der Waals surface area contributed by atoms with Crippen molar-refractivity contribution < 1.29 is 4.79 Å². The third-order valence-corrected chi connectivity index (χ3v) is 7.71. The van der Waals surface area contributed by atoms with Gasteiger partial charge in [-0.05, 0) is 49.4 Å². The Hall–Kier alpha value is -2.60. The zero-order valence-electron chi connectivity index (χ0n) is 17.3. The molecule has 1 aromatic carbocycles. The summed E-state index contributed by atoms with van der Waals surface area (Å²) >= 11 is 8.78. The zero-order valence-corrected chi connectivity index (χ0v) is 19.7. The minimum absolute atomic E-state index is 0.0392. The average molecular weight is 485 g/mol. The number of aromatic nitrogens is 2. The molecule has 0 unspecified atom stereocenters. The summed E-state index contributed by atoms with van der Waals surface area (Å²) in [6, 6.07) is 6.73. The van der Waals surface area contributed by atoms with E-state index in [1.807, 2.05) is 6.07 Å². The number of carbonyl (C=O) groups excluding carboxylic acids is 1. The first-order valence-electron chi connectivity index (χ1n) is 10.3. The van der Waals surface area contributed by atoms with Crippen molar-refractivity contribution in [1.29, 1.82) is 5.26 Å². The molecule has 0 bridgehead atoms. The molecule has 9 heteroatoms. The van der Waals surface area contributed by atoms with Crippen LogP contribution in [0.25, 0.3) is 10.2 Å². The second kappa shape index (κ2) is 9.90. The highest BCUT2D eigenvalue weighted by molar-refractivity contribution is 7.99. The van der Waals surface area contributed by atoms with Crippen LogP contribution < -0.4 is 10.9 Å². The molecule has 2 aromatic heterocycles. The number of allylic oxidation sites excluding steroid dienone is 1. The van der Waals surface area contributed by atoms with Crippen LogP contribution in [0.1, 0.15) is 35.3 Å². The van der Waals surface area contributed by atoms with E-state index in [0.717, 1.165) is 41.5 Å². The third kappa shape index (κ3) is 4.60. The minimum atomic E-state index is -0.310. The van der Waals surface area contributed by atoms with Crippen LogP contribution >= 0.6 is 34.7 Å². The zero-order chi connectivity index (χ0) is 22.7. The van der Waals surface area contributed by atoms with Crippen molar-refractivity contribution in [2.24, 2.45) is 0 Å². The van der Waals surface area contributed by atoms with E-state index in [1.165, 1.54) is 23.1 Å². The predicted octanol–water partition coefficient (Wildman–Crippen LogP) is 5.17. The Morgan fingerprint density at radius 3 is 2.97 bits per heavy atom. The van der Waals surface area contributed by atoms with Gasteiger partial charge in [0.15, 0.2) is 5.16 Å². The number of nitrogens with zero attached hydrogens (tertiary/aromatic N) is 3. The van der Waals surface area contributed by atoms with Crippen LogP contribution in [0.3, 0.4) is 0 Å². The highest BCUT2D eigenvalue weighted by Gasteiger charge is 2.21. The van der Waals surface area contributed by atoms with Crippen molar-refractivity contribution in [3.05, 3.63) is 62.2 Å². The van der Waals surface area contributed by atoms with Gasteiger partial charge >= 0.3 is 0 Å². The monoisotopic (exact) mass is 484 g/mol. The first-order valence-corrected chi connectivity index (χ1v) is 12.5. The van der Waals surface area contributed by atoms with Gasteiger partial charge in [0, 0.05) is 16.4 Å². The number of amides is 1. The van der Waals surface area contributed by atoms with Crippen molar-refractivity contribution in [3.63, 3.8) is 0 Å². The first kappa shape index (κ1) is 22.6. The molecule has 4 rings (SSSR count). The summed E-state index contributed by atoms with van der Waals surface area (Å²) in [5.41, 5.74) is 1.77. The number of thiophene rings is 1. The Labute approximate surface area is 198 Å². The molecule has 0 atom stereocenters. The molecule has 1 amide bonds. The number of carbonyl (C=O) groups is 1. The standard InChI is InChI=1S/C23H21ClN4O2S2/c1-2-10-28-22(30)20-16-6-4-3-5-7-18(16)32-21(20)27-23(28)31-13-19(29)26-17-11-15(24)9-8-14(17)12-25/h2,8-9,11H,1,3-7,10,13H2,(H,26,29). The molecule has 2 heterocycles. The Kier molecular flexibility index (Phi) is 6.99. The van der Waals surface area contributed by atoms with Crippen LogP contribution in [0.5, 0.6) is 0 Å². The molecule has 32 heavy (non-hydrogen) atoms. The van der Waals surface area contributed by atoms with E-state index in [2.05, 4.69) is 11.9 Å². The molecule has 0 radical (unpaired) electrons. The fourth-order valence-corrected chi connectivity index (χ4v) is 6.11. The van der Waals surface area contributed by atoms with Crippen LogP contribution in [0.2, 0.25) is 5.02 Å². The normalized spacial score (nSPS) is 13.2. The van der Waals surface area contributed by atoms with Crippen molar-refractivity contribution in [1.82, 2.24) is 9.55 Å². The highest BCUT2D eigenvalue weighted by Crippen LogP contribution is 2.34. The number of benzene rings is 1. The number of aryl methyl sites for hydroxylation is 2. The lowest BCUT2D eigenvalue weighted by molar-refractivity contribution is -0.113. The summed E-state index contributed by atoms with van der Waals surface area (Å²) in [5, 5.41) is 13.6. The van der Waals surface area contributed by atoms with E-state index in [0.29, 0.717) is 28.0 Å². The predicted molar refractivity (Wildman–Crippen MR) is 131 cm³/mol. The molecule has 0 saturated carbocycles. The van der Waals surface area contributed by atoms with E-state index < -0.39 is 0 Å². The number of nitrogens with one attached hydrogen (secondary N) is 1. The van der Waals surface area contributed by atoms with Gasteiger partial charge in [-0.25, -0.2) is 4.98 Å². The molecular weight excluding hydrogens is 464 g/mol. The Bertz CT molecular complexity index is 1310. The van der Waals surface area contributed by atoms with Gasteiger partial charge in [-0.15, -0.1) is 17.9 Å². The molecular formula is C23H21ClN4O2S2. The Morgan fingerprint density at radius 1 is 1.38 bits per heavy atom. The van der Waals surface area contributed by atoms with Gasteiger partial charge in [-0.2, -0.15) is 5.26 Å². The molecule has 3 aromatic rings. The molecule has 6 nitrogen and oxygen atoms in total. The lowest BCUT2D eigenvalue weighted by Gasteiger charge is -2.11. The summed E-state index contributed by atoms with van der Waals surface area (Å²) in [6.45, 7) is 4.09. The minimum Gasteiger partial charge on any atom is -0.324 e. The van der Waals surface area contributed by atoms with Gasteiger partial charge < -0.3 is 5.32 Å². The molecule has 164 valence electrons. The maximum absolute atomic E-state index is 13.4. The lowest BCUT2D eigenvalue weighted by Crippen LogP contribution is -2.24. The van der Waals surface area contributed by atoms with Crippen LogP contribution in [0.4, 0.5) is 5.69 Å². The van der Waals surface area contributed by atoms with Gasteiger partial charge in [0.2, 0.25) is 5.91 Å². The number of halogens is 1. The molecule has 0 spiro atoms. The summed E-state index contributed by atoms with van der Waals surface area (Å²) in [4.78, 5) is 32.7. The maximum atomic E-state index is 13.4. The van der Waals surface area contributed by atoms with Crippen LogP contribution in [-0.2, 0) is 24.2 Å². The van der Waals surface area contributed by atoms with Crippen molar-refractivity contribution in [2.75, 3.05) is 11.1 Å². The lowest BCUT2D eigenvalue weighted by atomic mass is 10.1. The smallest absolute Gasteiger partial charge is 0.263 e. The summed E-state index contributed by atoms with van der Waals surface area (Å²) in [5.74, 6) is -0.271. The second-order valence-corrected chi connectivity index (χ2v) is 9.94. The largest absolute Gasteiger partial charge is 0.324 e. The molecule has 1 aliphatic carbocycles. The van der Waals surface area contributed by atoms with Crippen LogP contribution in [-0.4, -0.2) is 21.2 Å². The molecule has 0 aliphatic heterocycles. The Morgan fingerprint density at radius 2 is 2.19 bits per heavy atom. The van der Waals surface area contributed by atoms with Crippen molar-refractivity contribution >= 4 is 56.5 Å². The van der Waals surface area contributed by atoms with E-state index in [4.69, 9.17) is 16.6 Å². The van der Waals surface area contributed by atoms with Gasteiger partial charge in [0.05, 0.1) is 22.4 Å². The SMILES string of the molecule is C=CCn1c(SCC(=O)Nc2cc(Cl)ccc2C#N)nc2sc3c(c2c1=O)CCCCC3. The number of hydrogen-bond donors (Lipinski definition) is 1. The van der Waals surface area contributed by atoms with Crippen LogP contribution in [0, 0.1) is 11.3 Å². The quantitative estimate of drug-likeness (QED) is 0.226. The number of rotatable bonds is 6. The van der Waals surface area contributed by atoms with Gasteiger partial charge in [0.1, 0.15) is 10.9 Å². The summed E-state index contributed by atoms with van der Waals surface area (Å²) in [6.07, 6.45) is 6.97. The molecule has 1 aliphatic rings. The van der Waals surface area contributed by atoms with Crippen molar-refractivity contribution in [3.8, 4) is 6.07 Å². The van der Waals surface area contributed by atoms with Gasteiger partial charge in [-0.3, -0.25) is 14.2 Å². The molecule has 0 fully saturated rings. The van der Waals surface area contributed by atoms with E-state index in [-0.39, 0.29) is 17.2 Å². The highest BCUT2D eigenvalue weighted by atomic mass is 35.5. The molecule has 1 N–H and O–H groups in total. The number of fused-ring (bicyclic) bond motifs is 3. The first-order chi connectivity index (χ1) is 15.5. The third-order valence-electron chi connectivity index (χ3n) is 5.31. The van der Waals surface area contributed by atoms with Gasteiger partial charge in [-0.1, -0.05) is 35.9 Å². The maximum Gasteiger partial charge on any atom is 0.263 e. The van der Waals surface area contributed by atoms with Crippen molar-refractivity contribution in [2.45, 2.75) is 43.8 Å². The average Bonchev–Trinajstić information content (AvgIpc) is 2.96. The number of anilines is 1. The molecule has 0 saturated heterocycles. The van der Waals surface area contributed by atoms with E-state index >= 15 is 0 Å². The topological polar surface area (TPSA) is 87.8 Å². The summed E-state index contributed by atoms with van der Waals surface area (Å²) < 4.78 is 1.59. The summed E-state index contributed by atoms with van der Waals surface area (Å²) in [7, 11) is 0. The van der Waals surface area contributed by atoms with E-state index in [1.54, 1.807) is 40.2 Å². The number of hydrogen-bond acceptors (Lipinski definition) is 6. The van der Waals surface area contributed by atoms with E-state index in [9.17, 15) is 14.9 Å². The van der Waals surface area contributed by atoms with Crippen LogP contribution in [0.15, 0.2) is 40.8 Å². The fraction of sp³-hybridized carbons (Fsp3) is 0.304. The number of nitriles is 1. The Balaban J connectivity index is 1.61. The second-order valence-electron chi connectivity index (χ2n) is 7.48. The fourth-order valence-electron chi connectivity index (χ4n) is 3.83. The van der Waals surface area contributed by atoms with Gasteiger partial charge in [0.25, 0.3) is 5.56 Å². The number of thioether (sulfide) groups is 1.